The van der Waals surface area contributed by atoms with Crippen molar-refractivity contribution in [1.29, 1.82) is 0 Å². The summed E-state index contributed by atoms with van der Waals surface area (Å²) in [4.78, 5) is 40.0. The van der Waals surface area contributed by atoms with Crippen molar-refractivity contribution in [3.05, 3.63) is 80.6 Å². The minimum Gasteiger partial charge on any atom is -0.496 e. The van der Waals surface area contributed by atoms with Crippen LogP contribution in [0.1, 0.15) is 40.1 Å². The Morgan fingerprint density at radius 3 is 2.54 bits per heavy atom. The van der Waals surface area contributed by atoms with Crippen LogP contribution in [0, 0.1) is 6.92 Å². The van der Waals surface area contributed by atoms with Crippen molar-refractivity contribution in [2.24, 2.45) is 15.7 Å². The average Bonchev–Trinajstić information content (AvgIpc) is 3.51. The summed E-state index contributed by atoms with van der Waals surface area (Å²) in [6.45, 7) is 7.53. The Bertz CT molecular complexity index is 1710. The molecule has 0 fully saturated rings. The van der Waals surface area contributed by atoms with E-state index in [4.69, 9.17) is 22.1 Å². The van der Waals surface area contributed by atoms with Crippen molar-refractivity contribution >= 4 is 35.9 Å². The van der Waals surface area contributed by atoms with Gasteiger partial charge in [0.1, 0.15) is 28.7 Å². The normalized spacial score (nSPS) is 12.2. The maximum Gasteiger partial charge on any atom is 0.271 e. The fraction of sp³-hybridized carbons (Fsp3) is 0.241. The molecule has 0 aliphatic heterocycles. The number of aromatic nitrogens is 4. The van der Waals surface area contributed by atoms with Gasteiger partial charge in [-0.1, -0.05) is 17.7 Å². The zero-order valence-electron chi connectivity index (χ0n) is 23.7. The molecule has 11 nitrogen and oxygen atoms in total. The maximum absolute atomic E-state index is 13.6. The molecule has 4 rings (SSSR count). The summed E-state index contributed by atoms with van der Waals surface area (Å²) in [7, 11) is 6.41. The maximum atomic E-state index is 13.6. The summed E-state index contributed by atoms with van der Waals surface area (Å²) in [5.74, 6) is 0.607. The zero-order chi connectivity index (χ0) is 30.0. The van der Waals surface area contributed by atoms with E-state index in [0.717, 1.165) is 16.7 Å². The predicted octanol–water partition coefficient (Wildman–Crippen LogP) is 4.25. The van der Waals surface area contributed by atoms with Gasteiger partial charge in [-0.25, -0.2) is 4.99 Å². The Morgan fingerprint density at radius 1 is 1.27 bits per heavy atom. The number of nitrogens with zero attached hydrogens (tertiary/aromatic N) is 6. The Labute approximate surface area is 242 Å². The van der Waals surface area contributed by atoms with Gasteiger partial charge < -0.3 is 19.9 Å². The molecule has 0 spiro atoms. The second kappa shape index (κ2) is 11.8. The second-order valence-electron chi connectivity index (χ2n) is 9.52. The second-order valence-corrected chi connectivity index (χ2v) is 9.93. The van der Waals surface area contributed by atoms with Gasteiger partial charge in [0.25, 0.3) is 5.91 Å². The third-order valence-electron chi connectivity index (χ3n) is 6.92. The minimum atomic E-state index is -0.473. The highest BCUT2D eigenvalue weighted by Gasteiger charge is 2.26. The first kappa shape index (κ1) is 29.2. The number of aromatic amines is 1. The highest BCUT2D eigenvalue weighted by Crippen LogP contribution is 2.44. The molecular formula is C29H31ClN8O3. The van der Waals surface area contributed by atoms with Crippen LogP contribution in [-0.2, 0) is 0 Å². The number of rotatable bonds is 8. The Morgan fingerprint density at radius 2 is 2.00 bits per heavy atom. The number of pyridine rings is 2. The molecule has 41 heavy (non-hydrogen) atoms. The van der Waals surface area contributed by atoms with Crippen molar-refractivity contribution in [1.82, 2.24) is 24.6 Å². The quantitative estimate of drug-likeness (QED) is 0.238. The monoisotopic (exact) mass is 574 g/mol. The van der Waals surface area contributed by atoms with Crippen molar-refractivity contribution in [3.8, 4) is 28.0 Å². The summed E-state index contributed by atoms with van der Waals surface area (Å²) in [6.07, 6.45) is 6.48. The van der Waals surface area contributed by atoms with E-state index in [1.165, 1.54) is 11.9 Å². The number of hydrogen-bond acceptors (Lipinski definition) is 7. The van der Waals surface area contributed by atoms with E-state index in [1.807, 2.05) is 26.0 Å². The number of H-pyrrole nitrogens is 1. The highest BCUT2D eigenvalue weighted by atomic mass is 35.5. The molecule has 1 unspecified atom stereocenters. The lowest BCUT2D eigenvalue weighted by Gasteiger charge is -2.26. The van der Waals surface area contributed by atoms with Crippen LogP contribution in [0.5, 0.6) is 5.75 Å². The number of methoxy groups -OCH3 is 1. The van der Waals surface area contributed by atoms with Gasteiger partial charge in [-0.2, -0.15) is 5.10 Å². The lowest BCUT2D eigenvalue weighted by Crippen LogP contribution is -2.27. The molecular weight excluding hydrogens is 544 g/mol. The van der Waals surface area contributed by atoms with E-state index in [0.29, 0.717) is 33.2 Å². The summed E-state index contributed by atoms with van der Waals surface area (Å²) in [5.41, 5.74) is 10.1. The molecule has 3 aromatic heterocycles. The molecule has 0 saturated heterocycles. The lowest BCUT2D eigenvalue weighted by atomic mass is 9.94. The molecule has 212 valence electrons. The van der Waals surface area contributed by atoms with Crippen LogP contribution < -0.4 is 15.9 Å². The van der Waals surface area contributed by atoms with Gasteiger partial charge in [-0.05, 0) is 38.3 Å². The van der Waals surface area contributed by atoms with Gasteiger partial charge in [0.2, 0.25) is 5.43 Å². The Hall–Kier alpha value is -4.77. The Kier molecular flexibility index (Phi) is 8.39. The van der Waals surface area contributed by atoms with E-state index in [-0.39, 0.29) is 28.6 Å². The number of nitrogens with one attached hydrogen (secondary N) is 1. The molecule has 3 heterocycles. The fourth-order valence-electron chi connectivity index (χ4n) is 4.70. The fourth-order valence-corrected chi connectivity index (χ4v) is 4.91. The molecule has 3 N–H and O–H groups in total. The van der Waals surface area contributed by atoms with Crippen LogP contribution in [0.15, 0.2) is 57.8 Å². The first-order chi connectivity index (χ1) is 19.5. The molecule has 4 aromatic rings. The molecule has 1 atom stereocenters. The van der Waals surface area contributed by atoms with E-state index >= 15 is 0 Å². The summed E-state index contributed by atoms with van der Waals surface area (Å²) in [6, 6.07) is 4.82. The van der Waals surface area contributed by atoms with E-state index < -0.39 is 6.04 Å². The predicted molar refractivity (Wildman–Crippen MR) is 162 cm³/mol. The number of nitrogens with two attached hydrogens (primary N) is 1. The standard InChI is InChI=1S/C29H31ClN8O3/c1-15-21(30)10-19(26(41-7)23(15)17-8-9-22(34-11-17)29(40)37(5)6)16(2)38-14-20(18-12-35-36-13-18)25(39)24(27(31)32-3)28(38)33-4/h8-14,16H,4H2,1-3,5-7H3,(H2,31,32)(H,35,36). The van der Waals surface area contributed by atoms with Crippen LogP contribution in [0.3, 0.4) is 0 Å². The van der Waals surface area contributed by atoms with Crippen molar-refractivity contribution < 1.29 is 9.53 Å². The summed E-state index contributed by atoms with van der Waals surface area (Å²) in [5, 5.41) is 7.23. The molecule has 1 amide bonds. The summed E-state index contributed by atoms with van der Waals surface area (Å²) < 4.78 is 7.76. The minimum absolute atomic E-state index is 0.0247. The average molecular weight is 575 g/mol. The van der Waals surface area contributed by atoms with Gasteiger partial charge >= 0.3 is 0 Å². The number of carbonyl (C=O) groups excluding carboxylic acids is 1. The van der Waals surface area contributed by atoms with Gasteiger partial charge in [0, 0.05) is 72.6 Å². The van der Waals surface area contributed by atoms with Crippen LogP contribution in [-0.4, -0.2) is 71.4 Å². The van der Waals surface area contributed by atoms with Crippen molar-refractivity contribution in [3.63, 3.8) is 0 Å². The SMILES string of the molecule is C=Nc1c(C(N)=NC)c(=O)c(-c2cn[nH]c2)cn1C(C)c1cc(Cl)c(C)c(-c2ccc(C(=O)N(C)C)nc2)c1OC. The molecule has 0 saturated carbocycles. The topological polar surface area (TPSA) is 144 Å². The number of benzene rings is 1. The number of halogens is 1. The van der Waals surface area contributed by atoms with Gasteiger partial charge in [-0.3, -0.25) is 24.7 Å². The summed E-state index contributed by atoms with van der Waals surface area (Å²) >= 11 is 6.78. The molecule has 0 aliphatic rings. The number of amidine groups is 1. The lowest BCUT2D eigenvalue weighted by molar-refractivity contribution is 0.0822. The smallest absolute Gasteiger partial charge is 0.271 e. The van der Waals surface area contributed by atoms with Gasteiger partial charge in [0.15, 0.2) is 0 Å². The molecule has 0 radical (unpaired) electrons. The molecule has 0 bridgehead atoms. The van der Waals surface area contributed by atoms with Gasteiger partial charge in [-0.15, -0.1) is 0 Å². The first-order valence-electron chi connectivity index (χ1n) is 12.6. The number of hydrogen-bond donors (Lipinski definition) is 2. The largest absolute Gasteiger partial charge is 0.496 e. The molecule has 0 aliphatic carbocycles. The molecule has 12 heteroatoms. The number of ether oxygens (including phenoxy) is 1. The van der Waals surface area contributed by atoms with Crippen LogP contribution in [0.4, 0.5) is 5.82 Å². The number of amides is 1. The van der Waals surface area contributed by atoms with E-state index in [2.05, 4.69) is 31.9 Å². The number of carbonyl (C=O) groups is 1. The van der Waals surface area contributed by atoms with Crippen LogP contribution >= 0.6 is 11.6 Å². The van der Waals surface area contributed by atoms with E-state index in [9.17, 15) is 9.59 Å². The first-order valence-corrected chi connectivity index (χ1v) is 13.0. The zero-order valence-corrected chi connectivity index (χ0v) is 24.4. The van der Waals surface area contributed by atoms with Crippen LogP contribution in [0.25, 0.3) is 22.3 Å². The highest BCUT2D eigenvalue weighted by molar-refractivity contribution is 6.32. The third-order valence-corrected chi connectivity index (χ3v) is 7.31. The van der Waals surface area contributed by atoms with E-state index in [1.54, 1.807) is 56.6 Å². The Balaban J connectivity index is 1.98. The third kappa shape index (κ3) is 5.23. The number of aliphatic imine (C=N–C) groups is 2. The molecule has 1 aromatic carbocycles. The van der Waals surface area contributed by atoms with Crippen molar-refractivity contribution in [2.75, 3.05) is 28.3 Å². The van der Waals surface area contributed by atoms with Crippen molar-refractivity contribution in [2.45, 2.75) is 19.9 Å². The van der Waals surface area contributed by atoms with Gasteiger partial charge in [0.05, 0.1) is 19.3 Å². The van der Waals surface area contributed by atoms with Crippen LogP contribution in [0.2, 0.25) is 5.02 Å².